The Balaban J connectivity index is 0.604. The highest BCUT2D eigenvalue weighted by Crippen LogP contribution is 2.48. The lowest BCUT2D eigenvalue weighted by Crippen LogP contribution is -2.38. The topological polar surface area (TPSA) is 290 Å². The predicted molar refractivity (Wildman–Crippen MR) is 337 cm³/mol. The molecule has 0 spiro atoms. The highest BCUT2D eigenvalue weighted by atomic mass is 32.5. The number of amides is 4. The van der Waals surface area contributed by atoms with Crippen molar-refractivity contribution >= 4 is 70.6 Å². The number of aromatic hydroxyl groups is 1. The average Bonchev–Trinajstić information content (AvgIpc) is 1.88. The van der Waals surface area contributed by atoms with Crippen LogP contribution in [0, 0.1) is 0 Å². The number of anilines is 1. The van der Waals surface area contributed by atoms with Gasteiger partial charge in [-0.15, -0.1) is 16.9 Å². The summed E-state index contributed by atoms with van der Waals surface area (Å²) in [6, 6.07) is 28.5. The number of likely N-dealkylation sites (tertiary alicyclic amines) is 1. The van der Waals surface area contributed by atoms with Crippen LogP contribution in [-0.4, -0.2) is 169 Å². The number of ether oxygens (including phenoxy) is 6. The molecule has 0 radical (unpaired) electrons. The standard InChI is InChI=1S/C62H76N9O16PS2/c1-79-88(78,89)86-27-11-2-3-12-38-90-54-40-57(76)69(62(54)77)24-22-55(74)63-23-21-56(75)70-41-45-15-7-8-16-47(45)59-58(48-17-9-10-18-50(48)70)65-67-71(59)26-29-81-31-33-83-35-37-84-36-34-82-32-30-80-28-25-68-42-46(64-66-68)43-85-61-51(72)20-19-49-52(73)39-53(87-60(49)61)44-13-5-4-6-14-44/h4-10,13-20,39,42,54,58-59,72H,2-3,11-12,21-38,40-41,43H2,1H3,(H,63,74)(H,78,89). The molecule has 3 N–H and O–H groups in total. The number of aromatic nitrogens is 3. The molecular weight excluding hydrogens is 1220 g/mol. The van der Waals surface area contributed by atoms with Crippen molar-refractivity contribution in [3.8, 4) is 22.8 Å². The summed E-state index contributed by atoms with van der Waals surface area (Å²) < 4.78 is 52.3. The molecule has 0 saturated carbocycles. The van der Waals surface area contributed by atoms with Crippen molar-refractivity contribution in [1.29, 1.82) is 0 Å². The maximum atomic E-state index is 14.1. The number of unbranched alkanes of at least 4 members (excludes halogenated alkanes) is 3. The van der Waals surface area contributed by atoms with Crippen LogP contribution in [0.15, 0.2) is 123 Å². The van der Waals surface area contributed by atoms with E-state index in [0.29, 0.717) is 121 Å². The van der Waals surface area contributed by atoms with Gasteiger partial charge in [0.15, 0.2) is 16.8 Å². The molecule has 1 fully saturated rings. The monoisotopic (exact) mass is 1300 g/mol. The number of carbonyl (C=O) groups excluding carboxylic acids is 4. The number of nitrogens with zero attached hydrogens (tertiary/aromatic N) is 8. The maximum Gasteiger partial charge on any atom is 0.324 e. The smallest absolute Gasteiger partial charge is 0.324 e. The lowest BCUT2D eigenvalue weighted by atomic mass is 9.87. The Bertz CT molecular complexity index is 3490. The second-order valence-electron chi connectivity index (χ2n) is 21.1. The molecular formula is C62H76N9O16PS2. The van der Waals surface area contributed by atoms with Gasteiger partial charge in [0.25, 0.3) is 0 Å². The van der Waals surface area contributed by atoms with Crippen LogP contribution in [-0.2, 0) is 83.4 Å². The summed E-state index contributed by atoms with van der Waals surface area (Å²) in [5, 5.41) is 32.9. The largest absolute Gasteiger partial charge is 0.504 e. The molecule has 3 aliphatic heterocycles. The van der Waals surface area contributed by atoms with Gasteiger partial charge in [-0.05, 0) is 59.7 Å². The number of carbonyl (C=O) groups is 4. The Morgan fingerprint density at radius 1 is 0.778 bits per heavy atom. The number of fused-ring (bicyclic) bond motifs is 6. The summed E-state index contributed by atoms with van der Waals surface area (Å²) in [6.07, 6.45) is 5.09. The summed E-state index contributed by atoms with van der Waals surface area (Å²) in [4.78, 5) is 78.5. The lowest BCUT2D eigenvalue weighted by molar-refractivity contribution is -0.138. The molecule has 25 nitrogen and oxygen atoms in total. The first-order valence-corrected chi connectivity index (χ1v) is 33.7. The van der Waals surface area contributed by atoms with E-state index in [1.807, 2.05) is 83.9 Å². The van der Waals surface area contributed by atoms with E-state index in [1.54, 1.807) is 15.8 Å². The van der Waals surface area contributed by atoms with Crippen molar-refractivity contribution in [2.75, 3.05) is 110 Å². The van der Waals surface area contributed by atoms with Crippen LogP contribution in [0.25, 0.3) is 22.3 Å². The van der Waals surface area contributed by atoms with E-state index in [4.69, 9.17) is 58.8 Å². The third-order valence-electron chi connectivity index (χ3n) is 15.0. The van der Waals surface area contributed by atoms with Gasteiger partial charge in [-0.2, -0.15) is 5.11 Å². The number of hydrogen-bond acceptors (Lipinski definition) is 22. The molecule has 90 heavy (non-hydrogen) atoms. The molecule has 3 aliphatic rings. The van der Waals surface area contributed by atoms with Crippen molar-refractivity contribution in [2.24, 2.45) is 10.3 Å². The van der Waals surface area contributed by atoms with Crippen LogP contribution in [0.1, 0.15) is 79.4 Å². The Kier molecular flexibility index (Phi) is 25.8. The van der Waals surface area contributed by atoms with Gasteiger partial charge in [-0.25, -0.2) is 4.68 Å². The van der Waals surface area contributed by atoms with Crippen LogP contribution in [0.3, 0.4) is 0 Å². The van der Waals surface area contributed by atoms with Gasteiger partial charge in [0.05, 0.1) is 109 Å². The zero-order chi connectivity index (χ0) is 63.1. The minimum atomic E-state index is -3.15. The van der Waals surface area contributed by atoms with E-state index in [0.717, 1.165) is 42.4 Å². The number of thioether (sulfide) groups is 1. The van der Waals surface area contributed by atoms with E-state index in [1.165, 1.54) is 42.0 Å². The van der Waals surface area contributed by atoms with Gasteiger partial charge in [0.1, 0.15) is 30.1 Å². The molecule has 9 rings (SSSR count). The molecule has 4 amide bonds. The molecule has 1 saturated heterocycles. The average molecular weight is 1300 g/mol. The highest BCUT2D eigenvalue weighted by Gasteiger charge is 2.41. The molecule has 4 aromatic carbocycles. The normalized spacial score (nSPS) is 16.9. The van der Waals surface area contributed by atoms with Gasteiger partial charge in [-0.3, -0.25) is 33.9 Å². The third-order valence-corrected chi connectivity index (χ3v) is 18.0. The number of imide groups is 1. The van der Waals surface area contributed by atoms with Crippen molar-refractivity contribution < 1.29 is 71.1 Å². The number of nitrogens with one attached hydrogen (secondary N) is 1. The van der Waals surface area contributed by atoms with Crippen LogP contribution >= 0.6 is 18.5 Å². The zero-order valence-corrected chi connectivity index (χ0v) is 52.7. The van der Waals surface area contributed by atoms with Crippen molar-refractivity contribution in [3.05, 3.63) is 136 Å². The second-order valence-corrected chi connectivity index (χ2v) is 25.4. The molecule has 4 atom stereocenters. The molecule has 5 heterocycles. The number of phenols is 1. The SMILES string of the molecule is COP(O)(=S)OCCCCCCSC1CC(=O)N(CCC(=O)NCCC(=O)N2Cc3ccccc3C3C(N=NN3CCOCCOCCOCCOCCOCCn3cc(COc4c(O)ccc5c(=O)cc(-c6ccccc6)oc45)nn3)c3ccccc32)C1=O. The summed E-state index contributed by atoms with van der Waals surface area (Å²) in [5.41, 5.74) is 4.61. The predicted octanol–water partition coefficient (Wildman–Crippen LogP) is 7.63. The van der Waals surface area contributed by atoms with Crippen LogP contribution in [0.4, 0.5) is 5.69 Å². The molecule has 0 aliphatic carbocycles. The summed E-state index contributed by atoms with van der Waals surface area (Å²) in [5.74, 6) is -0.197. The molecule has 0 bridgehead atoms. The number of para-hydroxylation sites is 1. The Hall–Kier alpha value is -7.01. The number of benzene rings is 4. The molecule has 28 heteroatoms. The zero-order valence-electron chi connectivity index (χ0n) is 50.2. The van der Waals surface area contributed by atoms with E-state index in [9.17, 15) is 34.0 Å². The fourth-order valence-corrected chi connectivity index (χ4v) is 12.3. The highest BCUT2D eigenvalue weighted by molar-refractivity contribution is 8.07. The molecule has 2 aromatic heterocycles. The minimum absolute atomic E-state index is 0.0204. The Labute approximate surface area is 530 Å². The summed E-state index contributed by atoms with van der Waals surface area (Å²) in [7, 11) is 1.32. The van der Waals surface area contributed by atoms with Crippen LogP contribution < -0.4 is 20.4 Å². The minimum Gasteiger partial charge on any atom is -0.504 e. The van der Waals surface area contributed by atoms with Gasteiger partial charge in [0.2, 0.25) is 29.4 Å². The third kappa shape index (κ3) is 19.0. The van der Waals surface area contributed by atoms with Crippen LogP contribution in [0.2, 0.25) is 0 Å². The molecule has 482 valence electrons. The van der Waals surface area contributed by atoms with Gasteiger partial charge >= 0.3 is 6.72 Å². The summed E-state index contributed by atoms with van der Waals surface area (Å²) in [6.45, 7) is 2.26. The van der Waals surface area contributed by atoms with Crippen molar-refractivity contribution in [1.82, 2.24) is 30.2 Å². The maximum absolute atomic E-state index is 14.1. The first-order valence-electron chi connectivity index (χ1n) is 30.0. The van der Waals surface area contributed by atoms with E-state index >= 15 is 0 Å². The van der Waals surface area contributed by atoms with E-state index in [2.05, 4.69) is 20.9 Å². The number of rotatable bonds is 38. The van der Waals surface area contributed by atoms with Gasteiger partial charge < -0.3 is 62.1 Å². The van der Waals surface area contributed by atoms with E-state index in [-0.39, 0.29) is 96.5 Å². The lowest BCUT2D eigenvalue weighted by Gasteiger charge is -2.35. The van der Waals surface area contributed by atoms with Gasteiger partial charge in [0, 0.05) is 62.3 Å². The Morgan fingerprint density at radius 2 is 1.46 bits per heavy atom. The fraction of sp³-hybridized carbons (Fsp3) is 0.468. The number of hydrogen-bond donors (Lipinski definition) is 3. The number of phenolic OH excluding ortho intramolecular Hbond substituents is 1. The van der Waals surface area contributed by atoms with Gasteiger partial charge in [-0.1, -0.05) is 96.1 Å². The summed E-state index contributed by atoms with van der Waals surface area (Å²) >= 11 is 6.28. The fourth-order valence-electron chi connectivity index (χ4n) is 10.4. The molecule has 4 unspecified atom stereocenters. The first kappa shape index (κ1) is 67.4. The van der Waals surface area contributed by atoms with Crippen LogP contribution in [0.5, 0.6) is 11.5 Å². The quantitative estimate of drug-likeness (QED) is 0.0191. The molecule has 6 aromatic rings. The Morgan fingerprint density at radius 3 is 2.20 bits per heavy atom. The van der Waals surface area contributed by atoms with Crippen molar-refractivity contribution in [3.63, 3.8) is 0 Å². The van der Waals surface area contributed by atoms with E-state index < -0.39 is 18.0 Å². The van der Waals surface area contributed by atoms with Crippen molar-refractivity contribution in [2.45, 2.75) is 82.0 Å². The second kappa shape index (κ2) is 34.4. The first-order chi connectivity index (χ1) is 43.9.